The first-order valence-electron chi connectivity index (χ1n) is 7.26. The molecule has 19 heavy (non-hydrogen) atoms. The second-order valence-corrected chi connectivity index (χ2v) is 7.87. The zero-order valence-corrected chi connectivity index (χ0v) is 13.7. The average molecular weight is 281 g/mol. The monoisotopic (exact) mass is 281 g/mol. The molecule has 1 atom stereocenters. The molecule has 1 aromatic rings. The van der Waals surface area contributed by atoms with Crippen molar-refractivity contribution in [3.8, 4) is 0 Å². The molecule has 0 radical (unpaired) electrons. The molecule has 0 saturated carbocycles. The van der Waals surface area contributed by atoms with Crippen LogP contribution in [0.15, 0.2) is 5.38 Å². The van der Waals surface area contributed by atoms with Gasteiger partial charge in [-0.3, -0.25) is 4.90 Å². The van der Waals surface area contributed by atoms with Crippen LogP contribution in [0.5, 0.6) is 0 Å². The Morgan fingerprint density at radius 2 is 2.26 bits per heavy atom. The lowest BCUT2D eigenvalue weighted by Gasteiger charge is -2.45. The predicted octanol–water partition coefficient (Wildman–Crippen LogP) is 3.05. The summed E-state index contributed by atoms with van der Waals surface area (Å²) in [5.74, 6) is 0.743. The highest BCUT2D eigenvalue weighted by Gasteiger charge is 2.32. The maximum absolute atomic E-state index is 4.62. The van der Waals surface area contributed by atoms with Gasteiger partial charge in [-0.1, -0.05) is 13.8 Å². The van der Waals surface area contributed by atoms with E-state index in [9.17, 15) is 0 Å². The highest BCUT2D eigenvalue weighted by atomic mass is 32.1. The molecule has 0 bridgehead atoms. The first kappa shape index (κ1) is 14.9. The van der Waals surface area contributed by atoms with Gasteiger partial charge in [-0.25, -0.2) is 4.98 Å². The molecule has 1 saturated heterocycles. The summed E-state index contributed by atoms with van der Waals surface area (Å²) in [6.07, 6.45) is 1.26. The van der Waals surface area contributed by atoms with E-state index in [4.69, 9.17) is 0 Å². The third-order valence-electron chi connectivity index (χ3n) is 3.71. The van der Waals surface area contributed by atoms with E-state index >= 15 is 0 Å². The van der Waals surface area contributed by atoms with Crippen molar-refractivity contribution in [3.05, 3.63) is 16.1 Å². The number of rotatable bonds is 4. The van der Waals surface area contributed by atoms with E-state index in [-0.39, 0.29) is 5.54 Å². The normalized spacial score (nSPS) is 24.0. The molecule has 2 heterocycles. The molecule has 2 rings (SSSR count). The van der Waals surface area contributed by atoms with E-state index < -0.39 is 0 Å². The van der Waals surface area contributed by atoms with Crippen LogP contribution in [0.3, 0.4) is 0 Å². The van der Waals surface area contributed by atoms with E-state index in [0.29, 0.717) is 6.04 Å². The summed E-state index contributed by atoms with van der Waals surface area (Å²) in [4.78, 5) is 7.24. The topological polar surface area (TPSA) is 28.2 Å². The third-order valence-corrected chi connectivity index (χ3v) is 4.53. The van der Waals surface area contributed by atoms with E-state index in [1.165, 1.54) is 17.1 Å². The van der Waals surface area contributed by atoms with Crippen LogP contribution in [0.25, 0.3) is 0 Å². The van der Waals surface area contributed by atoms with Crippen molar-refractivity contribution < 1.29 is 0 Å². The van der Waals surface area contributed by atoms with Crippen LogP contribution >= 0.6 is 11.3 Å². The van der Waals surface area contributed by atoms with Crippen molar-refractivity contribution >= 4 is 11.3 Å². The Labute approximate surface area is 121 Å². The van der Waals surface area contributed by atoms with Crippen LogP contribution in [-0.4, -0.2) is 34.6 Å². The average Bonchev–Trinajstić information content (AvgIpc) is 2.67. The van der Waals surface area contributed by atoms with Crippen molar-refractivity contribution in [1.29, 1.82) is 0 Å². The van der Waals surface area contributed by atoms with Crippen LogP contribution in [0, 0.1) is 12.8 Å². The number of nitrogens with zero attached hydrogens (tertiary/aromatic N) is 2. The number of aromatic nitrogens is 1. The Morgan fingerprint density at radius 1 is 1.53 bits per heavy atom. The molecule has 108 valence electrons. The fourth-order valence-corrected chi connectivity index (χ4v) is 3.47. The number of aryl methyl sites for hydroxylation is 1. The molecule has 3 nitrogen and oxygen atoms in total. The smallest absolute Gasteiger partial charge is 0.0897 e. The number of nitrogens with one attached hydrogen (secondary N) is 1. The zero-order chi connectivity index (χ0) is 14.0. The van der Waals surface area contributed by atoms with Gasteiger partial charge >= 0.3 is 0 Å². The highest BCUT2D eigenvalue weighted by Crippen LogP contribution is 2.22. The van der Waals surface area contributed by atoms with Gasteiger partial charge in [0.25, 0.3) is 0 Å². The molecule has 1 aliphatic heterocycles. The Balaban J connectivity index is 2.06. The Kier molecular flexibility index (Phi) is 4.64. The summed E-state index contributed by atoms with van der Waals surface area (Å²) in [5, 5.41) is 7.05. The summed E-state index contributed by atoms with van der Waals surface area (Å²) >= 11 is 1.75. The van der Waals surface area contributed by atoms with Crippen LogP contribution in [0.1, 0.15) is 44.8 Å². The van der Waals surface area contributed by atoms with Crippen LogP contribution in [-0.2, 0) is 6.54 Å². The Hall–Kier alpha value is -0.450. The van der Waals surface area contributed by atoms with E-state index in [0.717, 1.165) is 25.6 Å². The minimum atomic E-state index is 0.207. The summed E-state index contributed by atoms with van der Waals surface area (Å²) < 4.78 is 0. The molecule has 1 fully saturated rings. The maximum Gasteiger partial charge on any atom is 0.0897 e. The van der Waals surface area contributed by atoms with Gasteiger partial charge in [-0.05, 0) is 33.1 Å². The molecule has 1 unspecified atom stereocenters. The second kappa shape index (κ2) is 5.90. The highest BCUT2D eigenvalue weighted by molar-refractivity contribution is 7.09. The van der Waals surface area contributed by atoms with Gasteiger partial charge in [0.2, 0.25) is 0 Å². The Morgan fingerprint density at radius 3 is 2.84 bits per heavy atom. The number of hydrogen-bond acceptors (Lipinski definition) is 4. The van der Waals surface area contributed by atoms with Crippen molar-refractivity contribution in [1.82, 2.24) is 15.2 Å². The summed E-state index contributed by atoms with van der Waals surface area (Å²) in [6.45, 7) is 14.5. The van der Waals surface area contributed by atoms with Gasteiger partial charge in [0.1, 0.15) is 0 Å². The lowest BCUT2D eigenvalue weighted by molar-refractivity contribution is 0.0750. The first-order chi connectivity index (χ1) is 8.85. The van der Waals surface area contributed by atoms with Gasteiger partial charge in [-0.2, -0.15) is 0 Å². The molecule has 1 aromatic heterocycles. The van der Waals surface area contributed by atoms with Crippen LogP contribution in [0.2, 0.25) is 0 Å². The third kappa shape index (κ3) is 4.26. The lowest BCUT2D eigenvalue weighted by atomic mass is 9.94. The molecule has 4 heteroatoms. The molecule has 0 amide bonds. The molecule has 0 aliphatic carbocycles. The standard InChI is InChI=1S/C15H27N3S/c1-11(2)6-14-7-16-15(4,5)10-18(14)8-13-9-19-12(3)17-13/h9,11,14,16H,6-8,10H2,1-5H3. The second-order valence-electron chi connectivity index (χ2n) is 6.81. The quantitative estimate of drug-likeness (QED) is 0.919. The SMILES string of the molecule is Cc1nc(CN2CC(C)(C)NCC2CC(C)C)cs1. The molecular formula is C15H27N3S. The Bertz CT molecular complexity index is 411. The van der Waals surface area contributed by atoms with Gasteiger partial charge in [0.05, 0.1) is 10.7 Å². The molecule has 1 aliphatic rings. The molecule has 0 spiro atoms. The van der Waals surface area contributed by atoms with E-state index in [2.05, 4.69) is 55.2 Å². The van der Waals surface area contributed by atoms with E-state index in [1.807, 2.05) is 0 Å². The number of hydrogen-bond donors (Lipinski definition) is 1. The minimum absolute atomic E-state index is 0.207. The lowest BCUT2D eigenvalue weighted by Crippen LogP contribution is -2.61. The number of piperazine rings is 1. The van der Waals surface area contributed by atoms with E-state index in [1.54, 1.807) is 11.3 Å². The summed E-state index contributed by atoms with van der Waals surface area (Å²) in [6, 6.07) is 0.634. The van der Waals surface area contributed by atoms with Gasteiger partial charge < -0.3 is 5.32 Å². The number of thiazole rings is 1. The molecular weight excluding hydrogens is 254 g/mol. The fraction of sp³-hybridized carbons (Fsp3) is 0.800. The fourth-order valence-electron chi connectivity index (χ4n) is 2.87. The van der Waals surface area contributed by atoms with Crippen LogP contribution in [0.4, 0.5) is 0 Å². The van der Waals surface area contributed by atoms with Crippen molar-refractivity contribution in [3.63, 3.8) is 0 Å². The maximum atomic E-state index is 4.62. The van der Waals surface area contributed by atoms with Crippen molar-refractivity contribution in [2.75, 3.05) is 13.1 Å². The summed E-state index contributed by atoms with van der Waals surface area (Å²) in [5.41, 5.74) is 1.44. The van der Waals surface area contributed by atoms with Crippen LogP contribution < -0.4 is 5.32 Å². The predicted molar refractivity (Wildman–Crippen MR) is 82.6 cm³/mol. The molecule has 0 aromatic carbocycles. The van der Waals surface area contributed by atoms with Gasteiger partial charge in [-0.15, -0.1) is 11.3 Å². The van der Waals surface area contributed by atoms with Crippen molar-refractivity contribution in [2.24, 2.45) is 5.92 Å². The molecule has 1 N–H and O–H groups in total. The largest absolute Gasteiger partial charge is 0.309 e. The first-order valence-corrected chi connectivity index (χ1v) is 8.14. The summed E-state index contributed by atoms with van der Waals surface area (Å²) in [7, 11) is 0. The van der Waals surface area contributed by atoms with Crippen molar-refractivity contribution in [2.45, 2.75) is 59.2 Å². The zero-order valence-electron chi connectivity index (χ0n) is 12.9. The van der Waals surface area contributed by atoms with Gasteiger partial charge in [0.15, 0.2) is 0 Å². The minimum Gasteiger partial charge on any atom is -0.309 e. The van der Waals surface area contributed by atoms with Gasteiger partial charge in [0, 0.05) is 36.6 Å².